The summed E-state index contributed by atoms with van der Waals surface area (Å²) in [6.45, 7) is 11.8. The number of carbonyl (C=O) groups excluding carboxylic acids is 4. The summed E-state index contributed by atoms with van der Waals surface area (Å²) in [6, 6.07) is 0. The van der Waals surface area contributed by atoms with Crippen LogP contribution in [0, 0.1) is 17.8 Å². The standard InChI is InChI=1S/C69H134O17P2/c1-8-9-10-11-12-21-28-36-43-50-66(71)79-57-65(86-69(74)53-46-39-32-31-35-42-49-62(6)7)59-84-88(77,78)82-55-63(70)54-81-87(75,76)83-58-64(56-80-67(72)51-44-37-29-24-20-16-18-23-27-34-41-48-61(4)5)85-68(73)52-45-38-30-25-19-15-13-14-17-22-26-33-40-47-60(2)3/h60-65,70H,8-59H2,1-7H3,(H,75,76)(H,77,78)/t63-,64-,65-/m1/s1. The molecule has 0 fully saturated rings. The minimum Gasteiger partial charge on any atom is -0.462 e. The SMILES string of the molecule is CCCCCCCCCCCC(=O)OC[C@H](COP(=O)(O)OC[C@H](O)COP(=O)(O)OC[C@@H](COC(=O)CCCCCCCCCCCCCC(C)C)OC(=O)CCCCCCCCCCCCCCCC(C)C)OC(=O)CCCCCCCCC(C)C. The zero-order valence-electron chi connectivity index (χ0n) is 57.2. The minimum atomic E-state index is -4.95. The first-order valence-corrected chi connectivity index (χ1v) is 38.8. The Morgan fingerprint density at radius 2 is 0.523 bits per heavy atom. The lowest BCUT2D eigenvalue weighted by atomic mass is 10.0. The molecule has 0 rings (SSSR count). The third kappa shape index (κ3) is 62.8. The van der Waals surface area contributed by atoms with Gasteiger partial charge in [-0.3, -0.25) is 37.3 Å². The zero-order valence-corrected chi connectivity index (χ0v) is 59.0. The summed E-state index contributed by atoms with van der Waals surface area (Å²) in [7, 11) is -9.90. The molecule has 0 aromatic rings. The number of carbonyl (C=O) groups is 4. The number of hydrogen-bond acceptors (Lipinski definition) is 15. The molecular formula is C69H134O17P2. The molecule has 0 radical (unpaired) electrons. The number of aliphatic hydroxyl groups is 1. The molecule has 0 heterocycles. The lowest BCUT2D eigenvalue weighted by Gasteiger charge is -2.21. The molecule has 0 bridgehead atoms. The van der Waals surface area contributed by atoms with Gasteiger partial charge in [0.25, 0.3) is 0 Å². The molecule has 0 saturated carbocycles. The van der Waals surface area contributed by atoms with E-state index in [-0.39, 0.29) is 25.7 Å². The lowest BCUT2D eigenvalue weighted by molar-refractivity contribution is -0.161. The second-order valence-corrected chi connectivity index (χ2v) is 29.3. The van der Waals surface area contributed by atoms with Gasteiger partial charge in [-0.25, -0.2) is 9.13 Å². The number of aliphatic hydroxyl groups excluding tert-OH is 1. The van der Waals surface area contributed by atoms with Gasteiger partial charge >= 0.3 is 39.5 Å². The molecule has 3 N–H and O–H groups in total. The Morgan fingerprint density at radius 1 is 0.307 bits per heavy atom. The van der Waals surface area contributed by atoms with Crippen molar-refractivity contribution in [2.75, 3.05) is 39.6 Å². The van der Waals surface area contributed by atoms with Crippen molar-refractivity contribution < 1.29 is 80.2 Å². The van der Waals surface area contributed by atoms with Crippen LogP contribution in [0.1, 0.15) is 344 Å². The maximum absolute atomic E-state index is 13.0. The molecule has 0 aromatic carbocycles. The second-order valence-electron chi connectivity index (χ2n) is 26.3. The van der Waals surface area contributed by atoms with E-state index < -0.39 is 97.5 Å². The Balaban J connectivity index is 5.22. The highest BCUT2D eigenvalue weighted by Gasteiger charge is 2.30. The van der Waals surface area contributed by atoms with Crippen molar-refractivity contribution in [3.8, 4) is 0 Å². The number of phosphoric ester groups is 2. The molecule has 0 spiro atoms. The predicted molar refractivity (Wildman–Crippen MR) is 354 cm³/mol. The van der Waals surface area contributed by atoms with E-state index >= 15 is 0 Å². The number of hydrogen-bond donors (Lipinski definition) is 3. The Bertz CT molecular complexity index is 1730. The monoisotopic (exact) mass is 1300 g/mol. The lowest BCUT2D eigenvalue weighted by Crippen LogP contribution is -2.30. The first kappa shape index (κ1) is 86.1. The van der Waals surface area contributed by atoms with E-state index in [0.717, 1.165) is 102 Å². The highest BCUT2D eigenvalue weighted by Crippen LogP contribution is 2.45. The van der Waals surface area contributed by atoms with Crippen LogP contribution in [0.25, 0.3) is 0 Å². The number of unbranched alkanes of at least 4 members (excludes halogenated alkanes) is 35. The summed E-state index contributed by atoms with van der Waals surface area (Å²) in [5.41, 5.74) is 0. The predicted octanol–water partition coefficient (Wildman–Crippen LogP) is 19.5. The first-order valence-electron chi connectivity index (χ1n) is 35.8. The summed E-state index contributed by atoms with van der Waals surface area (Å²) >= 11 is 0. The molecule has 0 aliphatic carbocycles. The van der Waals surface area contributed by atoms with Crippen LogP contribution in [-0.4, -0.2) is 96.7 Å². The van der Waals surface area contributed by atoms with Crippen molar-refractivity contribution in [1.82, 2.24) is 0 Å². The van der Waals surface area contributed by atoms with Crippen LogP contribution in [0.4, 0.5) is 0 Å². The summed E-state index contributed by atoms with van der Waals surface area (Å²) in [6.07, 6.45) is 43.2. The van der Waals surface area contributed by atoms with Crippen LogP contribution in [0.15, 0.2) is 0 Å². The molecule has 0 aliphatic heterocycles. The van der Waals surface area contributed by atoms with Gasteiger partial charge < -0.3 is 33.8 Å². The van der Waals surface area contributed by atoms with E-state index in [1.165, 1.54) is 154 Å². The van der Waals surface area contributed by atoms with Gasteiger partial charge in [-0.15, -0.1) is 0 Å². The van der Waals surface area contributed by atoms with E-state index in [1.54, 1.807) is 0 Å². The van der Waals surface area contributed by atoms with Crippen LogP contribution < -0.4 is 0 Å². The number of esters is 4. The smallest absolute Gasteiger partial charge is 0.462 e. The molecule has 0 aromatic heterocycles. The van der Waals surface area contributed by atoms with Gasteiger partial charge in [-0.2, -0.15) is 0 Å². The van der Waals surface area contributed by atoms with Crippen molar-refractivity contribution in [3.63, 3.8) is 0 Å². The van der Waals surface area contributed by atoms with Crippen molar-refractivity contribution in [1.29, 1.82) is 0 Å². The fourth-order valence-electron chi connectivity index (χ4n) is 10.4. The van der Waals surface area contributed by atoms with Crippen LogP contribution in [0.2, 0.25) is 0 Å². The maximum Gasteiger partial charge on any atom is 0.472 e. The van der Waals surface area contributed by atoms with Gasteiger partial charge in [-0.1, -0.05) is 292 Å². The summed E-state index contributed by atoms with van der Waals surface area (Å²) in [4.78, 5) is 72.4. The van der Waals surface area contributed by atoms with Crippen molar-refractivity contribution in [3.05, 3.63) is 0 Å². The van der Waals surface area contributed by atoms with Gasteiger partial charge in [0.1, 0.15) is 19.3 Å². The second kappa shape index (κ2) is 60.0. The van der Waals surface area contributed by atoms with E-state index in [0.29, 0.717) is 31.6 Å². The van der Waals surface area contributed by atoms with Gasteiger partial charge in [0.05, 0.1) is 26.4 Å². The number of phosphoric acid groups is 2. The third-order valence-corrected chi connectivity index (χ3v) is 17.8. The molecule has 88 heavy (non-hydrogen) atoms. The van der Waals surface area contributed by atoms with Crippen LogP contribution in [0.5, 0.6) is 0 Å². The van der Waals surface area contributed by atoms with Crippen LogP contribution in [-0.2, 0) is 65.4 Å². The van der Waals surface area contributed by atoms with Crippen LogP contribution >= 0.6 is 15.6 Å². The highest BCUT2D eigenvalue weighted by molar-refractivity contribution is 7.47. The molecule has 522 valence electrons. The fourth-order valence-corrected chi connectivity index (χ4v) is 11.9. The quantitative estimate of drug-likeness (QED) is 0.0222. The van der Waals surface area contributed by atoms with E-state index in [2.05, 4.69) is 48.5 Å². The van der Waals surface area contributed by atoms with E-state index in [4.69, 9.17) is 37.0 Å². The fraction of sp³-hybridized carbons (Fsp3) is 0.942. The third-order valence-electron chi connectivity index (χ3n) is 15.9. The van der Waals surface area contributed by atoms with Gasteiger partial charge in [0.2, 0.25) is 0 Å². The molecule has 0 amide bonds. The Morgan fingerprint density at radius 3 is 0.773 bits per heavy atom. The Hall–Kier alpha value is -1.94. The number of rotatable bonds is 67. The minimum absolute atomic E-state index is 0.102. The van der Waals surface area contributed by atoms with Gasteiger partial charge in [0.15, 0.2) is 12.2 Å². The average Bonchev–Trinajstić information content (AvgIpc) is 3.69. The summed E-state index contributed by atoms with van der Waals surface area (Å²) in [5, 5.41) is 10.6. The summed E-state index contributed by atoms with van der Waals surface area (Å²) in [5.74, 6) is 0.0946. The molecule has 17 nitrogen and oxygen atoms in total. The Labute approximate surface area is 537 Å². The first-order chi connectivity index (χ1) is 42.2. The largest absolute Gasteiger partial charge is 0.472 e. The zero-order chi connectivity index (χ0) is 65.2. The van der Waals surface area contributed by atoms with E-state index in [1.807, 2.05) is 0 Å². The molecular weight excluding hydrogens is 1160 g/mol. The van der Waals surface area contributed by atoms with E-state index in [9.17, 15) is 43.2 Å². The Kier molecular flexibility index (Phi) is 58.7. The van der Waals surface area contributed by atoms with Crippen molar-refractivity contribution in [2.24, 2.45) is 17.8 Å². The summed E-state index contributed by atoms with van der Waals surface area (Å²) < 4.78 is 68.2. The van der Waals surface area contributed by atoms with Crippen molar-refractivity contribution >= 4 is 39.5 Å². The topological polar surface area (TPSA) is 237 Å². The average molecular weight is 1300 g/mol. The van der Waals surface area contributed by atoms with Crippen LogP contribution in [0.3, 0.4) is 0 Å². The highest BCUT2D eigenvalue weighted by atomic mass is 31.2. The molecule has 2 unspecified atom stereocenters. The molecule has 0 aliphatic rings. The number of ether oxygens (including phenoxy) is 4. The van der Waals surface area contributed by atoms with Crippen molar-refractivity contribution in [2.45, 2.75) is 362 Å². The van der Waals surface area contributed by atoms with Gasteiger partial charge in [0, 0.05) is 25.7 Å². The maximum atomic E-state index is 13.0. The molecule has 5 atom stereocenters. The van der Waals surface area contributed by atoms with Gasteiger partial charge in [-0.05, 0) is 43.4 Å². The molecule has 0 saturated heterocycles. The normalized spacial score (nSPS) is 14.2. The molecule has 19 heteroatoms.